The molecule has 0 aliphatic carbocycles. The van der Waals surface area contributed by atoms with Crippen LogP contribution in [0.1, 0.15) is 95.1 Å². The van der Waals surface area contributed by atoms with Crippen molar-refractivity contribution >= 4 is 39.7 Å². The Hall–Kier alpha value is 0.130. The molecule has 0 saturated carbocycles. The third-order valence-corrected chi connectivity index (χ3v) is 5.49. The van der Waals surface area contributed by atoms with Crippen LogP contribution in [0, 0.1) is 13.8 Å². The van der Waals surface area contributed by atoms with Crippen molar-refractivity contribution in [2.45, 2.75) is 97.8 Å². The second kappa shape index (κ2) is 19.4. The van der Waals surface area contributed by atoms with Gasteiger partial charge in [0.05, 0.1) is 5.75 Å². The maximum absolute atomic E-state index is 10.5. The van der Waals surface area contributed by atoms with E-state index in [9.17, 15) is 8.42 Å². The molecule has 154 valence electrons. The van der Waals surface area contributed by atoms with Gasteiger partial charge in [0.25, 0.3) is 10.1 Å². The fourth-order valence-electron chi connectivity index (χ4n) is 2.79. The van der Waals surface area contributed by atoms with Crippen LogP contribution in [0.5, 0.6) is 0 Å². The molecule has 0 amide bonds. The van der Waals surface area contributed by atoms with Crippen molar-refractivity contribution in [2.75, 3.05) is 5.75 Å². The number of unbranched alkanes of at least 4 members (excludes halogenated alkanes) is 11. The van der Waals surface area contributed by atoms with Crippen LogP contribution in [0.4, 0.5) is 0 Å². The molecule has 0 bridgehead atoms. The summed E-state index contributed by atoms with van der Waals surface area (Å²) in [6, 6.07) is 8.36. The molecule has 0 heterocycles. The van der Waals surface area contributed by atoms with Gasteiger partial charge < -0.3 is 0 Å². The van der Waals surface area contributed by atoms with Crippen molar-refractivity contribution in [3.63, 3.8) is 0 Å². The van der Waals surface area contributed by atoms with Gasteiger partial charge in [0, 0.05) is 0 Å². The van der Waals surface area contributed by atoms with Crippen molar-refractivity contribution < 1.29 is 13.0 Å². The quantitative estimate of drug-likeness (QED) is 0.239. The van der Waals surface area contributed by atoms with E-state index in [1.807, 2.05) is 0 Å². The van der Waals surface area contributed by atoms with E-state index >= 15 is 0 Å². The molecule has 0 atom stereocenters. The predicted molar refractivity (Wildman–Crippen MR) is 121 cm³/mol. The zero-order chi connectivity index (χ0) is 19.7. The van der Waals surface area contributed by atoms with Gasteiger partial charge in [-0.3, -0.25) is 4.55 Å². The van der Waals surface area contributed by atoms with E-state index in [0.29, 0.717) is 6.42 Å². The molecule has 1 N–H and O–H groups in total. The molecule has 0 fully saturated rings. The molecule has 1 rings (SSSR count). The Morgan fingerprint density at radius 3 is 1.33 bits per heavy atom. The number of aryl methyl sites for hydroxylation is 2. The number of rotatable bonds is 13. The van der Waals surface area contributed by atoms with Crippen LogP contribution in [0.3, 0.4) is 0 Å². The standard InChI is InChI=1S/C14H30O3S.C8H10.Na.H/c1-2-3-4-5-6-7-8-9-10-11-12-13-14-18(15,16)17;1-7-5-3-4-6-8(7)2;;/h2-14H2,1H3,(H,15,16,17);3-6H,1-2H3;;. The molecule has 3 nitrogen and oxygen atoms in total. The van der Waals surface area contributed by atoms with E-state index < -0.39 is 10.1 Å². The molecular formula is C22H41NaO3S. The third kappa shape index (κ3) is 22.3. The summed E-state index contributed by atoms with van der Waals surface area (Å²) >= 11 is 0. The topological polar surface area (TPSA) is 54.4 Å². The molecule has 0 aliphatic rings. The van der Waals surface area contributed by atoms with Gasteiger partial charge in [-0.1, -0.05) is 102 Å². The Kier molecular flexibility index (Phi) is 21.1. The number of hydrogen-bond donors (Lipinski definition) is 1. The zero-order valence-electron chi connectivity index (χ0n) is 17.2. The van der Waals surface area contributed by atoms with E-state index in [4.69, 9.17) is 4.55 Å². The average Bonchev–Trinajstić information content (AvgIpc) is 2.58. The summed E-state index contributed by atoms with van der Waals surface area (Å²) in [7, 11) is -3.74. The molecule has 1 aromatic carbocycles. The first-order valence-corrected chi connectivity index (χ1v) is 11.9. The summed E-state index contributed by atoms with van der Waals surface area (Å²) < 4.78 is 29.5. The van der Waals surface area contributed by atoms with Crippen LogP contribution in [0.2, 0.25) is 0 Å². The van der Waals surface area contributed by atoms with Gasteiger partial charge in [-0.05, 0) is 31.4 Å². The van der Waals surface area contributed by atoms with Crippen molar-refractivity contribution in [1.82, 2.24) is 0 Å². The predicted octanol–water partition coefficient (Wildman–Crippen LogP) is 6.23. The van der Waals surface area contributed by atoms with E-state index in [1.54, 1.807) is 0 Å². The monoisotopic (exact) mass is 408 g/mol. The molecule has 5 heteroatoms. The third-order valence-electron chi connectivity index (χ3n) is 4.68. The van der Waals surface area contributed by atoms with Crippen molar-refractivity contribution in [3.8, 4) is 0 Å². The maximum atomic E-state index is 10.5. The molecule has 0 aliphatic heterocycles. The SMILES string of the molecule is CCCCCCCCCCCCCCS(=O)(=O)O.Cc1ccccc1C.[NaH]. The number of benzene rings is 1. The first-order valence-electron chi connectivity index (χ1n) is 10.3. The van der Waals surface area contributed by atoms with E-state index in [0.717, 1.165) is 12.8 Å². The molecule has 0 radical (unpaired) electrons. The summed E-state index contributed by atoms with van der Waals surface area (Å²) in [6.07, 6.45) is 14.5. The van der Waals surface area contributed by atoms with Crippen molar-refractivity contribution in [2.24, 2.45) is 0 Å². The Morgan fingerprint density at radius 2 is 1.04 bits per heavy atom. The van der Waals surface area contributed by atoms with Gasteiger partial charge in [0.15, 0.2) is 0 Å². The minimum atomic E-state index is -3.74. The summed E-state index contributed by atoms with van der Waals surface area (Å²) in [5.74, 6) is -0.0789. The van der Waals surface area contributed by atoms with Crippen LogP contribution in [0.15, 0.2) is 24.3 Å². The summed E-state index contributed by atoms with van der Waals surface area (Å²) in [5.41, 5.74) is 2.74. The first kappa shape index (κ1) is 29.3. The van der Waals surface area contributed by atoms with Gasteiger partial charge in [0.1, 0.15) is 0 Å². The Morgan fingerprint density at radius 1 is 0.704 bits per heavy atom. The summed E-state index contributed by atoms with van der Waals surface area (Å²) in [5, 5.41) is 0. The fraction of sp³-hybridized carbons (Fsp3) is 0.727. The normalized spacial score (nSPS) is 10.7. The number of hydrogen-bond acceptors (Lipinski definition) is 2. The van der Waals surface area contributed by atoms with Gasteiger partial charge in [-0.25, -0.2) is 0 Å². The van der Waals surface area contributed by atoms with E-state index in [-0.39, 0.29) is 35.3 Å². The van der Waals surface area contributed by atoms with Gasteiger partial charge in [-0.2, -0.15) is 8.42 Å². The Labute approximate surface area is 190 Å². The van der Waals surface area contributed by atoms with Gasteiger partial charge >= 0.3 is 29.6 Å². The zero-order valence-corrected chi connectivity index (χ0v) is 18.0. The van der Waals surface area contributed by atoms with Crippen LogP contribution in [-0.2, 0) is 10.1 Å². The van der Waals surface area contributed by atoms with Gasteiger partial charge in [-0.15, -0.1) is 0 Å². The minimum absolute atomic E-state index is 0. The average molecular weight is 409 g/mol. The summed E-state index contributed by atoms with van der Waals surface area (Å²) in [6.45, 7) is 6.48. The van der Waals surface area contributed by atoms with E-state index in [1.165, 1.54) is 68.9 Å². The van der Waals surface area contributed by atoms with Crippen LogP contribution < -0.4 is 0 Å². The molecule has 1 aromatic rings. The van der Waals surface area contributed by atoms with Crippen molar-refractivity contribution in [1.29, 1.82) is 0 Å². The Bertz CT molecular complexity index is 523. The van der Waals surface area contributed by atoms with Crippen LogP contribution in [0.25, 0.3) is 0 Å². The molecule has 0 unspecified atom stereocenters. The summed E-state index contributed by atoms with van der Waals surface area (Å²) in [4.78, 5) is 0. The first-order chi connectivity index (χ1) is 12.4. The van der Waals surface area contributed by atoms with E-state index in [2.05, 4.69) is 45.0 Å². The van der Waals surface area contributed by atoms with Crippen molar-refractivity contribution in [3.05, 3.63) is 35.4 Å². The second-order valence-corrected chi connectivity index (χ2v) is 8.83. The molecule has 0 aromatic heterocycles. The van der Waals surface area contributed by atoms with Crippen LogP contribution in [-0.4, -0.2) is 48.3 Å². The Balaban J connectivity index is 0. The second-order valence-electron chi connectivity index (χ2n) is 7.26. The fourth-order valence-corrected chi connectivity index (χ4v) is 3.36. The van der Waals surface area contributed by atoms with Crippen LogP contribution >= 0.6 is 0 Å². The van der Waals surface area contributed by atoms with Gasteiger partial charge in [0.2, 0.25) is 0 Å². The molecule has 0 saturated heterocycles. The molecule has 27 heavy (non-hydrogen) atoms. The molecule has 0 spiro atoms. The molecular weight excluding hydrogens is 367 g/mol.